The molecule has 0 aromatic heterocycles. The van der Waals surface area contributed by atoms with Gasteiger partial charge in [0, 0.05) is 0 Å². The third kappa shape index (κ3) is 1.79. The van der Waals surface area contributed by atoms with Crippen LogP contribution in [0.3, 0.4) is 0 Å². The van der Waals surface area contributed by atoms with Gasteiger partial charge in [0.15, 0.2) is 12.0 Å². The van der Waals surface area contributed by atoms with Gasteiger partial charge >= 0.3 is 0 Å². The Morgan fingerprint density at radius 3 is 2.79 bits per heavy atom. The van der Waals surface area contributed by atoms with Crippen LogP contribution in [0.2, 0.25) is 0 Å². The van der Waals surface area contributed by atoms with Gasteiger partial charge in [-0.2, -0.15) is 0 Å². The molecule has 2 heterocycles. The van der Waals surface area contributed by atoms with Crippen LogP contribution in [0.1, 0.15) is 48.5 Å². The molecule has 0 saturated heterocycles. The third-order valence-electron chi connectivity index (χ3n) is 3.51. The first-order chi connectivity index (χ1) is 8.99. The quantitative estimate of drug-likeness (QED) is 0.728. The molecule has 0 aliphatic carbocycles. The minimum atomic E-state index is -1.03. The molecule has 0 radical (unpaired) electrons. The summed E-state index contributed by atoms with van der Waals surface area (Å²) in [5.74, 6) is 0.691. The fourth-order valence-electron chi connectivity index (χ4n) is 2.62. The van der Waals surface area contributed by atoms with Crippen LogP contribution in [-0.4, -0.2) is 17.0 Å². The average Bonchev–Trinajstić information content (AvgIpc) is 2.66. The lowest BCUT2D eigenvalue weighted by Crippen LogP contribution is -2.24. The molecule has 100 valence electrons. The van der Waals surface area contributed by atoms with E-state index in [4.69, 9.17) is 9.47 Å². The number of aliphatic hydroxyl groups excluding tert-OH is 1. The van der Waals surface area contributed by atoms with E-state index in [1.54, 1.807) is 6.07 Å². The largest absolute Gasteiger partial charge is 0.452 e. The van der Waals surface area contributed by atoms with E-state index in [9.17, 15) is 9.90 Å². The van der Waals surface area contributed by atoms with Gasteiger partial charge in [0.05, 0.1) is 17.2 Å². The van der Waals surface area contributed by atoms with Gasteiger partial charge in [0.25, 0.3) is 0 Å². The van der Waals surface area contributed by atoms with Crippen molar-refractivity contribution in [2.45, 2.75) is 39.6 Å². The third-order valence-corrected chi connectivity index (χ3v) is 3.51. The highest BCUT2D eigenvalue weighted by Crippen LogP contribution is 2.43. The molecule has 0 unspecified atom stereocenters. The highest BCUT2D eigenvalue weighted by Gasteiger charge is 2.36. The molecular weight excluding hydrogens is 244 g/mol. The number of rotatable bonds is 0. The van der Waals surface area contributed by atoms with Crippen molar-refractivity contribution in [3.8, 4) is 5.75 Å². The zero-order valence-electron chi connectivity index (χ0n) is 11.2. The summed E-state index contributed by atoms with van der Waals surface area (Å²) < 4.78 is 11.1. The second kappa shape index (κ2) is 4.18. The van der Waals surface area contributed by atoms with Crippen LogP contribution in [0.4, 0.5) is 0 Å². The fraction of sp³-hybridized carbons (Fsp3) is 0.400. The molecular formula is C15H16O4. The first-order valence-electron chi connectivity index (χ1n) is 6.38. The summed E-state index contributed by atoms with van der Waals surface area (Å²) in [6.45, 7) is 5.58. The van der Waals surface area contributed by atoms with E-state index in [0.717, 1.165) is 11.1 Å². The summed E-state index contributed by atoms with van der Waals surface area (Å²) in [5.41, 5.74) is 2.91. The van der Waals surface area contributed by atoms with E-state index in [1.165, 1.54) is 0 Å². The van der Waals surface area contributed by atoms with E-state index < -0.39 is 6.29 Å². The molecule has 0 bridgehead atoms. The second-order valence-corrected chi connectivity index (χ2v) is 5.28. The maximum absolute atomic E-state index is 12.2. The lowest BCUT2D eigenvalue weighted by atomic mass is 9.94. The molecule has 1 aromatic rings. The zero-order chi connectivity index (χ0) is 13.7. The maximum atomic E-state index is 12.2. The Balaban J connectivity index is 2.17. The van der Waals surface area contributed by atoms with Gasteiger partial charge in [-0.3, -0.25) is 4.79 Å². The van der Waals surface area contributed by atoms with Crippen molar-refractivity contribution in [1.82, 2.24) is 0 Å². The van der Waals surface area contributed by atoms with Gasteiger partial charge in [-0.25, -0.2) is 0 Å². The Labute approximate surface area is 111 Å². The van der Waals surface area contributed by atoms with E-state index in [1.807, 2.05) is 26.8 Å². The molecule has 0 spiro atoms. The van der Waals surface area contributed by atoms with Gasteiger partial charge in [-0.1, -0.05) is 6.07 Å². The van der Waals surface area contributed by atoms with Crippen molar-refractivity contribution < 1.29 is 19.4 Å². The van der Waals surface area contributed by atoms with Gasteiger partial charge in [0.2, 0.25) is 5.78 Å². The first kappa shape index (κ1) is 12.4. The van der Waals surface area contributed by atoms with Crippen LogP contribution in [0, 0.1) is 0 Å². The van der Waals surface area contributed by atoms with Gasteiger partial charge in [0.1, 0.15) is 5.75 Å². The summed E-state index contributed by atoms with van der Waals surface area (Å²) >= 11 is 0. The van der Waals surface area contributed by atoms with Crippen molar-refractivity contribution in [1.29, 1.82) is 0 Å². The highest BCUT2D eigenvalue weighted by molar-refractivity contribution is 6.13. The van der Waals surface area contributed by atoms with Crippen LogP contribution < -0.4 is 4.74 Å². The molecule has 0 amide bonds. The van der Waals surface area contributed by atoms with Crippen LogP contribution in [-0.2, 0) is 11.2 Å². The number of aliphatic hydroxyl groups is 1. The Kier molecular flexibility index (Phi) is 2.73. The van der Waals surface area contributed by atoms with Crippen LogP contribution in [0.15, 0.2) is 23.5 Å². The first-order valence-corrected chi connectivity index (χ1v) is 6.38. The van der Waals surface area contributed by atoms with Crippen molar-refractivity contribution in [2.75, 3.05) is 0 Å². The summed E-state index contributed by atoms with van der Waals surface area (Å²) in [6, 6.07) is 3.66. The fourth-order valence-corrected chi connectivity index (χ4v) is 2.62. The number of allylic oxidation sites excluding steroid dienone is 2. The van der Waals surface area contributed by atoms with Crippen molar-refractivity contribution in [2.24, 2.45) is 0 Å². The Morgan fingerprint density at radius 1 is 1.37 bits per heavy atom. The number of carbonyl (C=O) groups excluding carboxylic acids is 1. The summed E-state index contributed by atoms with van der Waals surface area (Å²) in [5, 5.41) is 10.1. The summed E-state index contributed by atoms with van der Waals surface area (Å²) in [4.78, 5) is 12.2. The highest BCUT2D eigenvalue weighted by atomic mass is 16.6. The van der Waals surface area contributed by atoms with E-state index in [-0.39, 0.29) is 11.9 Å². The molecule has 2 aliphatic rings. The average molecular weight is 260 g/mol. The predicted molar refractivity (Wildman–Crippen MR) is 69.0 cm³/mol. The molecule has 3 rings (SSSR count). The standard InChI is InChI=1S/C15H16O4/c1-7(2)13-12(16)10-5-4-9-6-8(3)18-15(17)11(9)14(10)19-13/h4-5,8,15,17H,6H2,1-3H3/t8-,15-/m1/s1. The van der Waals surface area contributed by atoms with Crippen LogP contribution >= 0.6 is 0 Å². The minimum Gasteiger partial charge on any atom is -0.452 e. The predicted octanol–water partition coefficient (Wildman–Crippen LogP) is 2.51. The van der Waals surface area contributed by atoms with Crippen LogP contribution in [0.25, 0.3) is 0 Å². The second-order valence-electron chi connectivity index (χ2n) is 5.28. The topological polar surface area (TPSA) is 55.8 Å². The Morgan fingerprint density at radius 2 is 2.11 bits per heavy atom. The molecule has 1 N–H and O–H groups in total. The molecule has 1 aromatic carbocycles. The number of hydrogen-bond acceptors (Lipinski definition) is 4. The number of fused-ring (bicyclic) bond motifs is 3. The van der Waals surface area contributed by atoms with Crippen molar-refractivity contribution in [3.05, 3.63) is 40.2 Å². The number of carbonyl (C=O) groups is 1. The van der Waals surface area contributed by atoms with E-state index >= 15 is 0 Å². The van der Waals surface area contributed by atoms with E-state index in [2.05, 4.69) is 0 Å². The molecule has 2 atom stereocenters. The smallest absolute Gasteiger partial charge is 0.231 e. The lowest BCUT2D eigenvalue weighted by Gasteiger charge is -2.28. The number of ether oxygens (including phenoxy) is 2. The lowest BCUT2D eigenvalue weighted by molar-refractivity contribution is -0.144. The maximum Gasteiger partial charge on any atom is 0.231 e. The SMILES string of the molecule is CC(C)=C1Oc2c(ccc3c2[C@H](O)O[C@H](C)C3)C1=O. The van der Waals surface area contributed by atoms with Crippen LogP contribution in [0.5, 0.6) is 5.75 Å². The molecule has 19 heavy (non-hydrogen) atoms. The van der Waals surface area contributed by atoms with Crippen molar-refractivity contribution in [3.63, 3.8) is 0 Å². The van der Waals surface area contributed by atoms with Gasteiger partial charge < -0.3 is 14.6 Å². The Bertz CT molecular complexity index is 596. The van der Waals surface area contributed by atoms with E-state index in [0.29, 0.717) is 29.1 Å². The Hall–Kier alpha value is -1.65. The van der Waals surface area contributed by atoms with Gasteiger partial charge in [-0.15, -0.1) is 0 Å². The van der Waals surface area contributed by atoms with Gasteiger partial charge in [-0.05, 0) is 44.4 Å². The number of ketones is 1. The monoisotopic (exact) mass is 260 g/mol. The minimum absolute atomic E-state index is 0.0411. The van der Waals surface area contributed by atoms with Crippen molar-refractivity contribution >= 4 is 5.78 Å². The molecule has 4 heteroatoms. The molecule has 0 fully saturated rings. The number of hydrogen-bond donors (Lipinski definition) is 1. The number of Topliss-reactive ketones (excluding diaryl/α,β-unsaturated/α-hetero) is 1. The summed E-state index contributed by atoms with van der Waals surface area (Å²) in [7, 11) is 0. The molecule has 4 nitrogen and oxygen atoms in total. The zero-order valence-corrected chi connectivity index (χ0v) is 11.2. The normalized spacial score (nSPS) is 24.8. The molecule has 0 saturated carbocycles. The summed E-state index contributed by atoms with van der Waals surface area (Å²) in [6.07, 6.45) is -0.361. The number of benzene rings is 1. The molecule has 2 aliphatic heterocycles.